The van der Waals surface area contributed by atoms with E-state index in [4.69, 9.17) is 4.42 Å². The number of furan rings is 1. The zero-order valence-corrected chi connectivity index (χ0v) is 11.7. The molecule has 0 fully saturated rings. The molecule has 2 heterocycles. The molecule has 0 spiro atoms. The Morgan fingerprint density at radius 2 is 2.26 bits per heavy atom. The summed E-state index contributed by atoms with van der Waals surface area (Å²) in [5.41, 5.74) is 1.67. The number of carbonyl (C=O) groups excluding carboxylic acids is 1. The number of H-pyrrole nitrogens is 1. The van der Waals surface area contributed by atoms with Crippen molar-refractivity contribution in [1.29, 1.82) is 0 Å². The Balaban J connectivity index is 1.84. The van der Waals surface area contributed by atoms with Gasteiger partial charge in [-0.05, 0) is 22.9 Å². The van der Waals surface area contributed by atoms with Gasteiger partial charge in [0.2, 0.25) is 11.6 Å². The monoisotopic (exact) mass is 314 g/mol. The molecule has 0 aliphatic rings. The molecule has 3 rings (SSSR count). The number of aromatic nitrogens is 4. The first kappa shape index (κ1) is 14.6. The van der Waals surface area contributed by atoms with Gasteiger partial charge in [-0.25, -0.2) is 4.39 Å². The first-order valence-electron chi connectivity index (χ1n) is 6.62. The summed E-state index contributed by atoms with van der Waals surface area (Å²) < 4.78 is 18.3. The van der Waals surface area contributed by atoms with E-state index in [2.05, 4.69) is 20.6 Å². The molecule has 0 bridgehead atoms. The number of ketones is 1. The summed E-state index contributed by atoms with van der Waals surface area (Å²) in [4.78, 5) is 11.8. The Kier molecular flexibility index (Phi) is 3.96. The third-order valence-corrected chi connectivity index (χ3v) is 3.14. The summed E-state index contributed by atoms with van der Waals surface area (Å²) >= 11 is 0. The van der Waals surface area contributed by atoms with Crippen molar-refractivity contribution in [1.82, 2.24) is 20.6 Å². The van der Waals surface area contributed by atoms with Gasteiger partial charge in [-0.15, -0.1) is 10.2 Å². The van der Waals surface area contributed by atoms with Crippen LogP contribution in [0.2, 0.25) is 0 Å². The fourth-order valence-corrected chi connectivity index (χ4v) is 2.08. The number of aromatic amines is 1. The third kappa shape index (κ3) is 3.31. The molecule has 7 nitrogen and oxygen atoms in total. The number of carbonyl (C=O) groups is 1. The minimum Gasteiger partial charge on any atom is -0.507 e. The molecule has 0 radical (unpaired) electrons. The molecule has 0 atom stereocenters. The molecule has 0 aliphatic carbocycles. The predicted molar refractivity (Wildman–Crippen MR) is 77.0 cm³/mol. The van der Waals surface area contributed by atoms with Crippen molar-refractivity contribution < 1.29 is 18.7 Å². The SMILES string of the molecule is O=C(C=C(O)c1cocc1Cc1cccc(F)c1)c1nn[nH]n1. The number of nitrogens with zero attached hydrogens (tertiary/aromatic N) is 3. The average Bonchev–Trinajstić information content (AvgIpc) is 3.18. The van der Waals surface area contributed by atoms with Gasteiger partial charge in [0, 0.05) is 18.1 Å². The van der Waals surface area contributed by atoms with Gasteiger partial charge in [-0.2, -0.15) is 5.21 Å². The van der Waals surface area contributed by atoms with E-state index in [-0.39, 0.29) is 17.4 Å². The highest BCUT2D eigenvalue weighted by molar-refractivity contribution is 6.05. The second-order valence-corrected chi connectivity index (χ2v) is 4.75. The maximum Gasteiger partial charge on any atom is 0.244 e. The minimum absolute atomic E-state index is 0.160. The number of tetrazole rings is 1. The van der Waals surface area contributed by atoms with E-state index in [0.717, 1.165) is 6.08 Å². The number of hydrogen-bond acceptors (Lipinski definition) is 6. The maximum absolute atomic E-state index is 13.2. The van der Waals surface area contributed by atoms with E-state index in [9.17, 15) is 14.3 Å². The summed E-state index contributed by atoms with van der Waals surface area (Å²) in [6.45, 7) is 0. The minimum atomic E-state index is -0.603. The van der Waals surface area contributed by atoms with Crippen LogP contribution in [-0.4, -0.2) is 31.5 Å². The van der Waals surface area contributed by atoms with Crippen LogP contribution in [-0.2, 0) is 6.42 Å². The lowest BCUT2D eigenvalue weighted by molar-refractivity contribution is 0.103. The number of halogens is 1. The Hall–Kier alpha value is -3.29. The quantitative estimate of drug-likeness (QED) is 0.425. The Bertz CT molecular complexity index is 855. The molecule has 2 N–H and O–H groups in total. The Morgan fingerprint density at radius 3 is 3.00 bits per heavy atom. The first-order valence-corrected chi connectivity index (χ1v) is 6.62. The van der Waals surface area contributed by atoms with Crippen molar-refractivity contribution >= 4 is 11.5 Å². The van der Waals surface area contributed by atoms with E-state index in [1.54, 1.807) is 12.1 Å². The topological polar surface area (TPSA) is 105 Å². The largest absolute Gasteiger partial charge is 0.507 e. The standard InChI is InChI=1S/C15H11FN4O3/c16-11-3-1-2-9(5-11)4-10-7-23-8-12(10)13(21)6-14(22)15-17-19-20-18-15/h1-3,5-8,21H,4H2,(H,17,18,19,20). The molecule has 3 aromatic rings. The van der Waals surface area contributed by atoms with E-state index < -0.39 is 5.78 Å². The number of rotatable bonds is 5. The highest BCUT2D eigenvalue weighted by Crippen LogP contribution is 2.22. The molecule has 116 valence electrons. The van der Waals surface area contributed by atoms with E-state index in [1.165, 1.54) is 24.7 Å². The summed E-state index contributed by atoms with van der Waals surface area (Å²) in [5, 5.41) is 22.6. The average molecular weight is 314 g/mol. The van der Waals surface area contributed by atoms with Crippen LogP contribution in [0, 0.1) is 5.82 Å². The first-order chi connectivity index (χ1) is 11.1. The summed E-state index contributed by atoms with van der Waals surface area (Å²) in [7, 11) is 0. The lowest BCUT2D eigenvalue weighted by Crippen LogP contribution is -2.00. The molecule has 8 heteroatoms. The molecule has 0 saturated heterocycles. The fraction of sp³-hybridized carbons (Fsp3) is 0.0667. The Labute approximate surface area is 129 Å². The van der Waals surface area contributed by atoms with Crippen LogP contribution in [0.4, 0.5) is 4.39 Å². The van der Waals surface area contributed by atoms with Crippen molar-refractivity contribution in [3.05, 3.63) is 71.2 Å². The number of nitrogens with one attached hydrogen (secondary N) is 1. The van der Waals surface area contributed by atoms with Crippen LogP contribution < -0.4 is 0 Å². The van der Waals surface area contributed by atoms with E-state index >= 15 is 0 Å². The van der Waals surface area contributed by atoms with Gasteiger partial charge in [0.15, 0.2) is 0 Å². The normalized spacial score (nSPS) is 11.6. The number of aliphatic hydroxyl groups is 1. The van der Waals surface area contributed by atoms with Gasteiger partial charge in [0.1, 0.15) is 17.8 Å². The van der Waals surface area contributed by atoms with Gasteiger partial charge in [0.05, 0.1) is 11.8 Å². The molecular weight excluding hydrogens is 303 g/mol. The van der Waals surface area contributed by atoms with Crippen molar-refractivity contribution in [3.8, 4) is 0 Å². The highest BCUT2D eigenvalue weighted by Gasteiger charge is 2.15. The summed E-state index contributed by atoms with van der Waals surface area (Å²) in [5.74, 6) is -1.40. The van der Waals surface area contributed by atoms with E-state index in [0.29, 0.717) is 23.1 Å². The second-order valence-electron chi connectivity index (χ2n) is 4.75. The molecule has 0 unspecified atom stereocenters. The third-order valence-electron chi connectivity index (χ3n) is 3.14. The number of allylic oxidation sites excluding steroid dienone is 1. The zero-order chi connectivity index (χ0) is 16.2. The van der Waals surface area contributed by atoms with Gasteiger partial charge in [0.25, 0.3) is 0 Å². The maximum atomic E-state index is 13.2. The second kappa shape index (κ2) is 6.22. The van der Waals surface area contributed by atoms with Gasteiger partial charge in [-0.1, -0.05) is 12.1 Å². The van der Waals surface area contributed by atoms with Crippen LogP contribution in [0.3, 0.4) is 0 Å². The number of hydrogen-bond donors (Lipinski definition) is 2. The van der Waals surface area contributed by atoms with Crippen LogP contribution in [0.1, 0.15) is 27.3 Å². The molecule has 0 amide bonds. The summed E-state index contributed by atoms with van der Waals surface area (Å²) in [6.07, 6.45) is 4.07. The van der Waals surface area contributed by atoms with Gasteiger partial charge >= 0.3 is 0 Å². The Morgan fingerprint density at radius 1 is 1.39 bits per heavy atom. The van der Waals surface area contributed by atoms with Crippen molar-refractivity contribution in [3.63, 3.8) is 0 Å². The van der Waals surface area contributed by atoms with Crippen molar-refractivity contribution in [2.75, 3.05) is 0 Å². The van der Waals surface area contributed by atoms with Crippen LogP contribution >= 0.6 is 0 Å². The smallest absolute Gasteiger partial charge is 0.244 e. The van der Waals surface area contributed by atoms with Crippen LogP contribution in [0.15, 0.2) is 47.3 Å². The lowest BCUT2D eigenvalue weighted by Gasteiger charge is -2.03. The van der Waals surface area contributed by atoms with Crippen molar-refractivity contribution in [2.45, 2.75) is 6.42 Å². The number of aliphatic hydroxyl groups excluding tert-OH is 1. The number of benzene rings is 1. The van der Waals surface area contributed by atoms with Crippen molar-refractivity contribution in [2.24, 2.45) is 0 Å². The van der Waals surface area contributed by atoms with Gasteiger partial charge < -0.3 is 9.52 Å². The van der Waals surface area contributed by atoms with Crippen LogP contribution in [0.5, 0.6) is 0 Å². The lowest BCUT2D eigenvalue weighted by atomic mass is 10.0. The van der Waals surface area contributed by atoms with E-state index in [1.807, 2.05) is 0 Å². The zero-order valence-electron chi connectivity index (χ0n) is 11.7. The summed E-state index contributed by atoms with van der Waals surface area (Å²) in [6, 6.07) is 6.09. The molecule has 0 aliphatic heterocycles. The molecular formula is C15H11FN4O3. The molecule has 0 saturated carbocycles. The van der Waals surface area contributed by atoms with Crippen LogP contribution in [0.25, 0.3) is 5.76 Å². The van der Waals surface area contributed by atoms with Gasteiger partial charge in [-0.3, -0.25) is 4.79 Å². The predicted octanol–water partition coefficient (Wildman–Crippen LogP) is 2.30. The molecule has 1 aromatic carbocycles. The fourth-order valence-electron chi connectivity index (χ4n) is 2.08. The molecule has 23 heavy (non-hydrogen) atoms. The molecule has 2 aromatic heterocycles. The highest BCUT2D eigenvalue weighted by atomic mass is 19.1.